The number of aryl methyl sites for hydroxylation is 1. The van der Waals surface area contributed by atoms with E-state index in [4.69, 9.17) is 0 Å². The van der Waals surface area contributed by atoms with Crippen molar-refractivity contribution in [2.75, 3.05) is 11.7 Å². The van der Waals surface area contributed by atoms with Crippen LogP contribution in [0.15, 0.2) is 89.1 Å². The van der Waals surface area contributed by atoms with Crippen LogP contribution in [0.5, 0.6) is 0 Å². The molecule has 3 aromatic rings. The smallest absolute Gasteiger partial charge is 0.258 e. The number of nitrogens with zero attached hydrogens (tertiary/aromatic N) is 5. The second kappa shape index (κ2) is 7.40. The molecule has 0 saturated carbocycles. The van der Waals surface area contributed by atoms with Crippen LogP contribution in [-0.2, 0) is 0 Å². The molecule has 1 heterocycles. The third-order valence-electron chi connectivity index (χ3n) is 4.42. The molecular weight excluding hydrogens is 354 g/mol. The SMILES string of the molecule is Cc1ccc([N+]2=NC(c3ccc([N+](=O)[O-])cc3)=NN(c3ccccc3)C2)cc1. The van der Waals surface area contributed by atoms with Gasteiger partial charge in [0.05, 0.1) is 10.6 Å². The summed E-state index contributed by atoms with van der Waals surface area (Å²) < 4.78 is 1.87. The molecule has 0 unspecified atom stereocenters. The number of rotatable bonds is 4. The molecule has 1 aliphatic rings. The first kappa shape index (κ1) is 17.5. The van der Waals surface area contributed by atoms with E-state index in [1.807, 2.05) is 71.2 Å². The van der Waals surface area contributed by atoms with Gasteiger partial charge in [-0.2, -0.15) is 0 Å². The van der Waals surface area contributed by atoms with Gasteiger partial charge in [-0.15, -0.1) is 5.10 Å². The van der Waals surface area contributed by atoms with Crippen molar-refractivity contribution in [1.82, 2.24) is 0 Å². The number of hydrazone groups is 1. The molecule has 138 valence electrons. The van der Waals surface area contributed by atoms with Gasteiger partial charge in [0.2, 0.25) is 11.5 Å². The molecule has 7 nitrogen and oxygen atoms in total. The van der Waals surface area contributed by atoms with Gasteiger partial charge in [-0.05, 0) is 31.2 Å². The molecule has 0 bridgehead atoms. The van der Waals surface area contributed by atoms with E-state index < -0.39 is 4.92 Å². The predicted octanol–water partition coefficient (Wildman–Crippen LogP) is 4.84. The Morgan fingerprint density at radius 3 is 2.29 bits per heavy atom. The fourth-order valence-electron chi connectivity index (χ4n) is 2.88. The Bertz CT molecular complexity index is 1060. The summed E-state index contributed by atoms with van der Waals surface area (Å²) in [6, 6.07) is 24.2. The number of azo groups is 2. The summed E-state index contributed by atoms with van der Waals surface area (Å²) in [5.74, 6) is 0.491. The molecule has 4 rings (SSSR count). The maximum absolute atomic E-state index is 10.9. The summed E-state index contributed by atoms with van der Waals surface area (Å²) in [5.41, 5.74) is 3.80. The minimum absolute atomic E-state index is 0.0375. The first-order valence-corrected chi connectivity index (χ1v) is 8.82. The lowest BCUT2D eigenvalue weighted by Crippen LogP contribution is -2.31. The van der Waals surface area contributed by atoms with Crippen molar-refractivity contribution in [2.45, 2.75) is 6.92 Å². The molecule has 0 spiro atoms. The first-order chi connectivity index (χ1) is 13.6. The van der Waals surface area contributed by atoms with Crippen molar-refractivity contribution < 1.29 is 9.62 Å². The molecule has 0 aromatic heterocycles. The number of amidine groups is 1. The fourth-order valence-corrected chi connectivity index (χ4v) is 2.88. The van der Waals surface area contributed by atoms with Crippen molar-refractivity contribution in [2.24, 2.45) is 10.2 Å². The summed E-state index contributed by atoms with van der Waals surface area (Å²) in [4.78, 5) is 10.5. The van der Waals surface area contributed by atoms with Crippen molar-refractivity contribution in [1.29, 1.82) is 0 Å². The third kappa shape index (κ3) is 3.64. The molecule has 0 N–H and O–H groups in total. The van der Waals surface area contributed by atoms with Crippen LogP contribution in [0.3, 0.4) is 0 Å². The quantitative estimate of drug-likeness (QED) is 0.374. The van der Waals surface area contributed by atoms with Gasteiger partial charge < -0.3 is 0 Å². The molecule has 0 saturated heterocycles. The van der Waals surface area contributed by atoms with E-state index in [9.17, 15) is 10.1 Å². The van der Waals surface area contributed by atoms with E-state index >= 15 is 0 Å². The van der Waals surface area contributed by atoms with Crippen LogP contribution in [-0.4, -0.2) is 22.1 Å². The number of para-hydroxylation sites is 1. The topological polar surface area (TPSA) is 74.1 Å². The van der Waals surface area contributed by atoms with E-state index in [-0.39, 0.29) is 5.69 Å². The minimum atomic E-state index is -0.418. The molecule has 7 heteroatoms. The largest absolute Gasteiger partial charge is 0.269 e. The van der Waals surface area contributed by atoms with Crippen LogP contribution in [0.1, 0.15) is 11.1 Å². The average molecular weight is 372 g/mol. The molecule has 0 aliphatic carbocycles. The normalized spacial score (nSPS) is 13.7. The highest BCUT2D eigenvalue weighted by molar-refractivity contribution is 5.99. The van der Waals surface area contributed by atoms with Gasteiger partial charge in [-0.3, -0.25) is 10.1 Å². The Hall–Kier alpha value is -3.87. The molecule has 0 fully saturated rings. The second-order valence-electron chi connectivity index (χ2n) is 6.44. The zero-order chi connectivity index (χ0) is 19.5. The van der Waals surface area contributed by atoms with E-state index in [1.54, 1.807) is 12.1 Å². The maximum atomic E-state index is 10.9. The third-order valence-corrected chi connectivity index (χ3v) is 4.42. The number of benzene rings is 3. The minimum Gasteiger partial charge on any atom is -0.258 e. The zero-order valence-corrected chi connectivity index (χ0v) is 15.3. The number of nitro benzene ring substituents is 1. The molecule has 1 aliphatic heterocycles. The maximum Gasteiger partial charge on any atom is 0.269 e. The molecule has 28 heavy (non-hydrogen) atoms. The lowest BCUT2D eigenvalue weighted by Gasteiger charge is -2.20. The number of hydrogen-bond acceptors (Lipinski definition) is 5. The highest BCUT2D eigenvalue weighted by Gasteiger charge is 2.25. The van der Waals surface area contributed by atoms with Crippen LogP contribution >= 0.6 is 0 Å². The van der Waals surface area contributed by atoms with E-state index in [0.29, 0.717) is 18.1 Å². The van der Waals surface area contributed by atoms with E-state index in [1.165, 1.54) is 17.7 Å². The zero-order valence-electron chi connectivity index (χ0n) is 15.3. The van der Waals surface area contributed by atoms with Gasteiger partial charge in [0.25, 0.3) is 12.4 Å². The van der Waals surface area contributed by atoms with Crippen molar-refractivity contribution in [3.05, 3.63) is 100 Å². The predicted molar refractivity (Wildman–Crippen MR) is 107 cm³/mol. The Balaban J connectivity index is 1.76. The molecule has 0 amide bonds. The Kier molecular flexibility index (Phi) is 4.63. The van der Waals surface area contributed by atoms with Crippen LogP contribution in [0.4, 0.5) is 17.1 Å². The fraction of sp³-hybridized carbons (Fsp3) is 0.0952. The van der Waals surface area contributed by atoms with Crippen LogP contribution in [0.25, 0.3) is 0 Å². The molecule has 0 atom stereocenters. The second-order valence-corrected chi connectivity index (χ2v) is 6.44. The van der Waals surface area contributed by atoms with Gasteiger partial charge in [0, 0.05) is 34.9 Å². The monoisotopic (exact) mass is 372 g/mol. The molecule has 3 aromatic carbocycles. The van der Waals surface area contributed by atoms with Gasteiger partial charge in [0.1, 0.15) is 0 Å². The lowest BCUT2D eigenvalue weighted by atomic mass is 10.2. The summed E-state index contributed by atoms with van der Waals surface area (Å²) in [6.45, 7) is 2.50. The van der Waals surface area contributed by atoms with E-state index in [2.05, 4.69) is 10.2 Å². The summed E-state index contributed by atoms with van der Waals surface area (Å²) in [7, 11) is 0. The first-order valence-electron chi connectivity index (χ1n) is 8.82. The van der Waals surface area contributed by atoms with Crippen molar-refractivity contribution in [3.63, 3.8) is 0 Å². The van der Waals surface area contributed by atoms with E-state index in [0.717, 1.165) is 11.4 Å². The number of hydrogen-bond donors (Lipinski definition) is 0. The van der Waals surface area contributed by atoms with Crippen molar-refractivity contribution in [3.8, 4) is 0 Å². The summed E-state index contributed by atoms with van der Waals surface area (Å²) >= 11 is 0. The molecular formula is C21H18N5O2+. The summed E-state index contributed by atoms with van der Waals surface area (Å²) in [5, 5.41) is 22.1. The van der Waals surface area contributed by atoms with Gasteiger partial charge in [-0.1, -0.05) is 40.6 Å². The number of non-ortho nitro benzene ring substituents is 1. The summed E-state index contributed by atoms with van der Waals surface area (Å²) in [6.07, 6.45) is 0. The van der Waals surface area contributed by atoms with Gasteiger partial charge >= 0.3 is 0 Å². The Labute approximate surface area is 162 Å². The van der Waals surface area contributed by atoms with Gasteiger partial charge in [-0.25, -0.2) is 5.01 Å². The molecule has 0 radical (unpaired) electrons. The Morgan fingerprint density at radius 1 is 0.964 bits per heavy atom. The van der Waals surface area contributed by atoms with Crippen LogP contribution < -0.4 is 5.01 Å². The number of anilines is 1. The standard InChI is InChI=1S/C21H18N5O2/c1-16-7-11-19(12-8-16)25-15-24(18-5-3-2-4-6-18)22-21(23-25)17-9-13-20(14-10-17)26(27)28/h2-14H,15H2,1H3/q+1. The van der Waals surface area contributed by atoms with Crippen LogP contribution in [0.2, 0.25) is 0 Å². The van der Waals surface area contributed by atoms with Crippen molar-refractivity contribution >= 4 is 22.9 Å². The Morgan fingerprint density at radius 2 is 1.64 bits per heavy atom. The lowest BCUT2D eigenvalue weighted by molar-refractivity contribution is -0.508. The highest BCUT2D eigenvalue weighted by atomic mass is 16.6. The highest BCUT2D eigenvalue weighted by Crippen LogP contribution is 2.23. The number of nitro groups is 1. The average Bonchev–Trinajstić information content (AvgIpc) is 2.74. The van der Waals surface area contributed by atoms with Crippen LogP contribution in [0, 0.1) is 17.0 Å². The van der Waals surface area contributed by atoms with Gasteiger partial charge in [0.15, 0.2) is 0 Å².